The number of aromatic hydroxyl groups is 1. The van der Waals surface area contributed by atoms with Crippen LogP contribution in [0.4, 0.5) is 0 Å². The SMILES string of the molecule is Cc1ccc(-c2nc(-c3ccc(C)cc3C)nc(-c3ccc(OCC(=O)OC4CC(C)(C)N(OC5CCCCC5)C(C)(C)C4)cc3O)n2)c(C)c1. The van der Waals surface area contributed by atoms with Gasteiger partial charge in [0.15, 0.2) is 24.1 Å². The second kappa shape index (κ2) is 14.7. The predicted octanol–water partition coefficient (Wildman–Crippen LogP) is 9.02. The molecule has 0 unspecified atom stereocenters. The largest absolute Gasteiger partial charge is 0.507 e. The number of carbonyl (C=O) groups is 1. The van der Waals surface area contributed by atoms with Crippen LogP contribution in [0.1, 0.15) is 94.9 Å². The van der Waals surface area contributed by atoms with E-state index in [0.29, 0.717) is 41.6 Å². The van der Waals surface area contributed by atoms with Crippen molar-refractivity contribution in [2.24, 2.45) is 0 Å². The number of phenols is 1. The lowest BCUT2D eigenvalue weighted by molar-refractivity contribution is -0.318. The molecule has 1 N–H and O–H groups in total. The first-order valence-corrected chi connectivity index (χ1v) is 18.2. The van der Waals surface area contributed by atoms with Crippen LogP contribution < -0.4 is 4.74 Å². The number of esters is 1. The van der Waals surface area contributed by atoms with E-state index in [-0.39, 0.29) is 35.6 Å². The van der Waals surface area contributed by atoms with Gasteiger partial charge in [-0.1, -0.05) is 66.8 Å². The van der Waals surface area contributed by atoms with Gasteiger partial charge in [-0.05, 0) is 91.5 Å². The summed E-state index contributed by atoms with van der Waals surface area (Å²) < 4.78 is 11.8. The number of piperidine rings is 1. The zero-order valence-corrected chi connectivity index (χ0v) is 31.4. The number of hydroxylamine groups is 2. The van der Waals surface area contributed by atoms with Crippen molar-refractivity contribution in [2.75, 3.05) is 6.61 Å². The van der Waals surface area contributed by atoms with Crippen LogP contribution in [0.25, 0.3) is 34.2 Å². The maximum absolute atomic E-state index is 13.0. The second-order valence-electron chi connectivity index (χ2n) is 15.7. The summed E-state index contributed by atoms with van der Waals surface area (Å²) in [5, 5.41) is 13.4. The normalized spacial score (nSPS) is 18.0. The molecule has 270 valence electrons. The first-order chi connectivity index (χ1) is 24.2. The Morgan fingerprint density at radius 1 is 0.725 bits per heavy atom. The molecule has 2 aliphatic rings. The molecule has 1 saturated heterocycles. The molecule has 3 aromatic carbocycles. The van der Waals surface area contributed by atoms with Gasteiger partial charge in [0.25, 0.3) is 0 Å². The Hall–Kier alpha value is -4.34. The standard InChI is InChI=1S/C42H52N4O5/c1-26-14-17-33(28(3)20-26)38-43-39(34-18-15-27(2)21-29(34)4)45-40(44-38)35-19-16-31(22-36(35)47)49-25-37(48)50-32-23-41(5,6)46(42(7,8)24-32)51-30-12-10-9-11-13-30/h14-22,30,32,47H,9-13,23-25H2,1-8H3. The molecule has 1 aromatic heterocycles. The lowest BCUT2D eigenvalue weighted by Crippen LogP contribution is -2.63. The van der Waals surface area contributed by atoms with E-state index in [9.17, 15) is 9.90 Å². The van der Waals surface area contributed by atoms with Crippen LogP contribution in [0, 0.1) is 27.7 Å². The molecule has 0 spiro atoms. The fourth-order valence-electron chi connectivity index (χ4n) is 7.88. The summed E-state index contributed by atoms with van der Waals surface area (Å²) >= 11 is 0. The van der Waals surface area contributed by atoms with Crippen LogP contribution in [-0.2, 0) is 14.4 Å². The number of carbonyl (C=O) groups excluding carboxylic acids is 1. The molecule has 0 radical (unpaired) electrons. The number of aryl methyl sites for hydroxylation is 4. The number of hydrogen-bond donors (Lipinski definition) is 1. The van der Waals surface area contributed by atoms with E-state index in [1.165, 1.54) is 25.3 Å². The molecule has 6 rings (SSSR count). The van der Waals surface area contributed by atoms with Gasteiger partial charge in [-0.15, -0.1) is 0 Å². The molecule has 4 aromatic rings. The highest BCUT2D eigenvalue weighted by molar-refractivity contribution is 5.73. The molecule has 2 fully saturated rings. The average molecular weight is 693 g/mol. The third-order valence-corrected chi connectivity index (χ3v) is 10.1. The molecule has 0 atom stereocenters. The minimum absolute atomic E-state index is 0.0703. The van der Waals surface area contributed by atoms with Crippen molar-refractivity contribution < 1.29 is 24.2 Å². The molecule has 9 nitrogen and oxygen atoms in total. The minimum Gasteiger partial charge on any atom is -0.507 e. The van der Waals surface area contributed by atoms with Crippen molar-refractivity contribution in [1.82, 2.24) is 20.0 Å². The minimum atomic E-state index is -0.453. The monoisotopic (exact) mass is 692 g/mol. The quantitative estimate of drug-likeness (QED) is 0.172. The number of ether oxygens (including phenoxy) is 2. The molecule has 9 heteroatoms. The summed E-state index contributed by atoms with van der Waals surface area (Å²) in [4.78, 5) is 34.1. The molecule has 0 bridgehead atoms. The Morgan fingerprint density at radius 2 is 1.24 bits per heavy atom. The van der Waals surface area contributed by atoms with Gasteiger partial charge >= 0.3 is 5.97 Å². The van der Waals surface area contributed by atoms with Crippen LogP contribution in [0.2, 0.25) is 0 Å². The van der Waals surface area contributed by atoms with Gasteiger partial charge < -0.3 is 14.6 Å². The molecule has 0 amide bonds. The molecular weight excluding hydrogens is 640 g/mol. The summed E-state index contributed by atoms with van der Waals surface area (Å²) in [5.41, 5.74) is 5.98. The fourth-order valence-corrected chi connectivity index (χ4v) is 7.88. The fraction of sp³-hybridized carbons (Fsp3) is 0.476. The summed E-state index contributed by atoms with van der Waals surface area (Å²) in [7, 11) is 0. The lowest BCUT2D eigenvalue weighted by Gasteiger charge is -2.54. The van der Waals surface area contributed by atoms with E-state index in [4.69, 9.17) is 29.3 Å². The van der Waals surface area contributed by atoms with Crippen molar-refractivity contribution in [3.05, 3.63) is 76.9 Å². The Morgan fingerprint density at radius 3 is 1.75 bits per heavy atom. The second-order valence-corrected chi connectivity index (χ2v) is 15.7. The van der Waals surface area contributed by atoms with Crippen LogP contribution >= 0.6 is 0 Å². The zero-order chi connectivity index (χ0) is 36.5. The Labute approximate surface area is 302 Å². The van der Waals surface area contributed by atoms with Gasteiger partial charge in [-0.3, -0.25) is 4.84 Å². The smallest absolute Gasteiger partial charge is 0.344 e. The lowest BCUT2D eigenvalue weighted by atomic mass is 9.80. The van der Waals surface area contributed by atoms with E-state index in [2.05, 4.69) is 58.7 Å². The number of hydrogen-bond acceptors (Lipinski definition) is 9. The van der Waals surface area contributed by atoms with Crippen molar-refractivity contribution in [3.63, 3.8) is 0 Å². The van der Waals surface area contributed by atoms with E-state index in [0.717, 1.165) is 46.2 Å². The van der Waals surface area contributed by atoms with Gasteiger partial charge in [0.1, 0.15) is 17.6 Å². The average Bonchev–Trinajstić information content (AvgIpc) is 3.05. The zero-order valence-electron chi connectivity index (χ0n) is 31.4. The first kappa shape index (κ1) is 36.5. The van der Waals surface area contributed by atoms with Crippen LogP contribution in [0.3, 0.4) is 0 Å². The van der Waals surface area contributed by atoms with Crippen molar-refractivity contribution in [1.29, 1.82) is 0 Å². The summed E-state index contributed by atoms with van der Waals surface area (Å²) in [6.07, 6.45) is 7.17. The highest BCUT2D eigenvalue weighted by atomic mass is 16.7. The third-order valence-electron chi connectivity index (χ3n) is 10.1. The summed E-state index contributed by atoms with van der Waals surface area (Å²) in [6.45, 7) is 16.5. The predicted molar refractivity (Wildman–Crippen MR) is 199 cm³/mol. The molecule has 1 aliphatic carbocycles. The van der Waals surface area contributed by atoms with E-state index in [1.54, 1.807) is 12.1 Å². The Bertz CT molecular complexity index is 1810. The number of phenolic OH excluding ortho intramolecular Hbond substituents is 1. The summed E-state index contributed by atoms with van der Waals surface area (Å²) in [6, 6.07) is 17.2. The van der Waals surface area contributed by atoms with Gasteiger partial charge in [-0.25, -0.2) is 19.7 Å². The van der Waals surface area contributed by atoms with E-state index in [1.807, 2.05) is 38.1 Å². The van der Waals surface area contributed by atoms with Gasteiger partial charge in [-0.2, -0.15) is 5.06 Å². The molecule has 1 aliphatic heterocycles. The van der Waals surface area contributed by atoms with Crippen LogP contribution in [0.5, 0.6) is 11.5 Å². The Kier molecular flexibility index (Phi) is 10.5. The third kappa shape index (κ3) is 8.42. The molecule has 2 heterocycles. The van der Waals surface area contributed by atoms with Crippen molar-refractivity contribution in [3.8, 4) is 45.7 Å². The topological polar surface area (TPSA) is 107 Å². The van der Waals surface area contributed by atoms with Crippen LogP contribution in [-0.4, -0.2) is 61.0 Å². The number of nitrogens with zero attached hydrogens (tertiary/aromatic N) is 4. The number of benzene rings is 3. The highest BCUT2D eigenvalue weighted by Gasteiger charge is 2.48. The van der Waals surface area contributed by atoms with E-state index >= 15 is 0 Å². The maximum atomic E-state index is 13.0. The molecule has 51 heavy (non-hydrogen) atoms. The number of aromatic nitrogens is 3. The summed E-state index contributed by atoms with van der Waals surface area (Å²) in [5.74, 6) is 1.19. The Balaban J connectivity index is 1.16. The van der Waals surface area contributed by atoms with Gasteiger partial charge in [0.05, 0.1) is 11.7 Å². The maximum Gasteiger partial charge on any atom is 0.344 e. The van der Waals surface area contributed by atoms with Crippen molar-refractivity contribution >= 4 is 5.97 Å². The number of rotatable bonds is 9. The van der Waals surface area contributed by atoms with E-state index < -0.39 is 5.97 Å². The van der Waals surface area contributed by atoms with Gasteiger partial charge in [0, 0.05) is 41.1 Å². The molecule has 1 saturated carbocycles. The van der Waals surface area contributed by atoms with Crippen LogP contribution in [0.15, 0.2) is 54.6 Å². The van der Waals surface area contributed by atoms with Crippen molar-refractivity contribution in [2.45, 2.75) is 124 Å². The van der Waals surface area contributed by atoms with Gasteiger partial charge in [0.2, 0.25) is 0 Å². The highest BCUT2D eigenvalue weighted by Crippen LogP contribution is 2.41. The molecular formula is C42H52N4O5. The first-order valence-electron chi connectivity index (χ1n) is 18.2.